The van der Waals surface area contributed by atoms with Crippen molar-refractivity contribution in [3.05, 3.63) is 64.7 Å². The number of carbonyl (C=O) groups excluding carboxylic acids is 3. The number of hydrogen-bond acceptors (Lipinski definition) is 3. The van der Waals surface area contributed by atoms with E-state index < -0.39 is 17.8 Å². The number of fused-ring (bicyclic) bond motifs is 1. The number of aryl methyl sites for hydroxylation is 2. The number of imide groups is 1. The Morgan fingerprint density at radius 1 is 0.846 bits per heavy atom. The van der Waals surface area contributed by atoms with Crippen LogP contribution in [-0.2, 0) is 14.4 Å². The first-order chi connectivity index (χ1) is 12.5. The predicted molar refractivity (Wildman–Crippen MR) is 96.9 cm³/mol. The SMILES string of the molecule is Cc1ccc(N2C(=O)[C@@H]3[C@H](C2=O)[C@@H]2C(=O)C[C@H]3c3ccccc32)cc1C. The van der Waals surface area contributed by atoms with Crippen molar-refractivity contribution in [3.8, 4) is 0 Å². The summed E-state index contributed by atoms with van der Waals surface area (Å²) in [5, 5.41) is 0. The summed E-state index contributed by atoms with van der Waals surface area (Å²) in [5.74, 6) is -1.90. The van der Waals surface area contributed by atoms with Crippen molar-refractivity contribution < 1.29 is 14.4 Å². The standard InChI is InChI=1S/C22H19NO3/c1-11-7-8-13(9-12(11)2)23-21(25)19-16-10-17(24)18(20(19)22(23)26)15-6-4-3-5-14(15)16/h3-9,16,18-20H,10H2,1-2H3/t16-,18-,19-,20+/m0/s1. The molecule has 4 nitrogen and oxygen atoms in total. The van der Waals surface area contributed by atoms with Crippen LogP contribution < -0.4 is 4.90 Å². The molecule has 3 aliphatic carbocycles. The highest BCUT2D eigenvalue weighted by molar-refractivity contribution is 6.24. The molecule has 2 fully saturated rings. The Labute approximate surface area is 151 Å². The lowest BCUT2D eigenvalue weighted by molar-refractivity contribution is -0.134. The van der Waals surface area contributed by atoms with Gasteiger partial charge in [0.15, 0.2) is 0 Å². The fourth-order valence-corrected chi connectivity index (χ4v) is 5.08. The molecule has 0 unspecified atom stereocenters. The van der Waals surface area contributed by atoms with E-state index in [2.05, 4.69) is 0 Å². The summed E-state index contributed by atoms with van der Waals surface area (Å²) >= 11 is 0. The van der Waals surface area contributed by atoms with Gasteiger partial charge in [-0.15, -0.1) is 0 Å². The number of Topliss-reactive ketones (excluding diaryl/α,β-unsaturated/α-hetero) is 1. The van der Waals surface area contributed by atoms with E-state index in [1.807, 2.05) is 56.3 Å². The molecule has 2 aromatic carbocycles. The van der Waals surface area contributed by atoms with Gasteiger partial charge in [-0.05, 0) is 48.2 Å². The van der Waals surface area contributed by atoms with Gasteiger partial charge in [-0.2, -0.15) is 0 Å². The molecule has 0 N–H and O–H groups in total. The lowest BCUT2D eigenvalue weighted by Gasteiger charge is -2.43. The van der Waals surface area contributed by atoms with Crippen molar-refractivity contribution >= 4 is 23.3 Å². The number of nitrogens with zero attached hydrogens (tertiary/aromatic N) is 1. The minimum Gasteiger partial charge on any atom is -0.299 e. The van der Waals surface area contributed by atoms with Gasteiger partial charge in [0.05, 0.1) is 23.4 Å². The molecule has 0 aromatic heterocycles. The number of ketones is 1. The Bertz CT molecular complexity index is 993. The zero-order valence-corrected chi connectivity index (χ0v) is 14.7. The van der Waals surface area contributed by atoms with Crippen LogP contribution in [0, 0.1) is 25.7 Å². The second kappa shape index (κ2) is 5.13. The van der Waals surface area contributed by atoms with Crippen LogP contribution in [0.3, 0.4) is 0 Å². The van der Waals surface area contributed by atoms with Gasteiger partial charge < -0.3 is 0 Å². The van der Waals surface area contributed by atoms with E-state index >= 15 is 0 Å². The van der Waals surface area contributed by atoms with E-state index in [1.165, 1.54) is 4.90 Å². The first-order valence-electron chi connectivity index (χ1n) is 9.05. The van der Waals surface area contributed by atoms with Gasteiger partial charge in [0, 0.05) is 12.3 Å². The molecular formula is C22H19NO3. The second-order valence-corrected chi connectivity index (χ2v) is 7.72. The van der Waals surface area contributed by atoms with E-state index in [1.54, 1.807) is 0 Å². The maximum absolute atomic E-state index is 13.2. The molecule has 1 aliphatic heterocycles. The lowest BCUT2D eigenvalue weighted by atomic mass is 9.56. The Kier molecular flexibility index (Phi) is 3.06. The number of benzene rings is 2. The van der Waals surface area contributed by atoms with Gasteiger partial charge in [-0.1, -0.05) is 30.3 Å². The average molecular weight is 345 g/mol. The molecule has 26 heavy (non-hydrogen) atoms. The van der Waals surface area contributed by atoms with E-state index in [4.69, 9.17) is 0 Å². The van der Waals surface area contributed by atoms with Gasteiger partial charge in [-0.3, -0.25) is 14.4 Å². The van der Waals surface area contributed by atoms with Crippen LogP contribution in [0.25, 0.3) is 0 Å². The third-order valence-corrected chi connectivity index (χ3v) is 6.44. The zero-order chi connectivity index (χ0) is 18.2. The van der Waals surface area contributed by atoms with E-state index in [0.717, 1.165) is 22.3 Å². The number of hydrogen-bond donors (Lipinski definition) is 0. The second-order valence-electron chi connectivity index (χ2n) is 7.72. The van der Waals surface area contributed by atoms with Crippen LogP contribution in [0.1, 0.15) is 40.5 Å². The smallest absolute Gasteiger partial charge is 0.238 e. The maximum Gasteiger partial charge on any atom is 0.238 e. The molecule has 2 bridgehead atoms. The summed E-state index contributed by atoms with van der Waals surface area (Å²) in [6, 6.07) is 13.4. The van der Waals surface area contributed by atoms with Gasteiger partial charge >= 0.3 is 0 Å². The van der Waals surface area contributed by atoms with Crippen LogP contribution in [0.5, 0.6) is 0 Å². The Balaban J connectivity index is 1.65. The highest BCUT2D eigenvalue weighted by atomic mass is 16.2. The molecule has 4 heteroatoms. The molecule has 4 atom stereocenters. The fraction of sp³-hybridized carbons (Fsp3) is 0.318. The summed E-state index contributed by atoms with van der Waals surface area (Å²) in [5.41, 5.74) is 4.79. The molecule has 1 saturated carbocycles. The van der Waals surface area contributed by atoms with Gasteiger partial charge in [0.1, 0.15) is 5.78 Å². The van der Waals surface area contributed by atoms with Gasteiger partial charge in [0.2, 0.25) is 11.8 Å². The fourth-order valence-electron chi connectivity index (χ4n) is 5.08. The molecule has 2 amide bonds. The summed E-state index contributed by atoms with van der Waals surface area (Å²) in [4.78, 5) is 40.5. The van der Waals surface area contributed by atoms with Crippen molar-refractivity contribution in [3.63, 3.8) is 0 Å². The van der Waals surface area contributed by atoms with Crippen molar-refractivity contribution in [2.45, 2.75) is 32.1 Å². The van der Waals surface area contributed by atoms with Crippen molar-refractivity contribution in [2.24, 2.45) is 11.8 Å². The number of amides is 2. The van der Waals surface area contributed by atoms with Crippen molar-refractivity contribution in [1.82, 2.24) is 0 Å². The van der Waals surface area contributed by atoms with Crippen LogP contribution in [0.4, 0.5) is 5.69 Å². The van der Waals surface area contributed by atoms with Crippen molar-refractivity contribution in [2.75, 3.05) is 4.90 Å². The first kappa shape index (κ1) is 15.5. The van der Waals surface area contributed by atoms with E-state index in [0.29, 0.717) is 12.1 Å². The minimum atomic E-state index is -0.551. The molecule has 2 aromatic rings. The highest BCUT2D eigenvalue weighted by Gasteiger charge is 2.62. The lowest BCUT2D eigenvalue weighted by Crippen LogP contribution is -2.44. The predicted octanol–water partition coefficient (Wildman–Crippen LogP) is 3.26. The monoisotopic (exact) mass is 345 g/mol. The Morgan fingerprint density at radius 2 is 1.54 bits per heavy atom. The number of anilines is 1. The largest absolute Gasteiger partial charge is 0.299 e. The molecule has 130 valence electrons. The normalized spacial score (nSPS) is 29.2. The van der Waals surface area contributed by atoms with E-state index in [-0.39, 0.29) is 23.5 Å². The zero-order valence-electron chi connectivity index (χ0n) is 14.7. The van der Waals surface area contributed by atoms with Crippen LogP contribution in [0.2, 0.25) is 0 Å². The molecule has 4 aliphatic rings. The minimum absolute atomic E-state index is 0.0954. The summed E-state index contributed by atoms with van der Waals surface area (Å²) < 4.78 is 0. The highest BCUT2D eigenvalue weighted by Crippen LogP contribution is 2.57. The van der Waals surface area contributed by atoms with E-state index in [9.17, 15) is 14.4 Å². The summed E-state index contributed by atoms with van der Waals surface area (Å²) in [7, 11) is 0. The van der Waals surface area contributed by atoms with Crippen LogP contribution >= 0.6 is 0 Å². The quantitative estimate of drug-likeness (QED) is 0.746. The van der Waals surface area contributed by atoms with Crippen molar-refractivity contribution in [1.29, 1.82) is 0 Å². The van der Waals surface area contributed by atoms with Crippen LogP contribution in [-0.4, -0.2) is 17.6 Å². The summed E-state index contributed by atoms with van der Waals surface area (Å²) in [6.45, 7) is 3.97. The maximum atomic E-state index is 13.2. The number of rotatable bonds is 1. The van der Waals surface area contributed by atoms with Gasteiger partial charge in [0.25, 0.3) is 0 Å². The Morgan fingerprint density at radius 3 is 2.27 bits per heavy atom. The first-order valence-corrected chi connectivity index (χ1v) is 9.05. The molecule has 0 radical (unpaired) electrons. The molecule has 1 heterocycles. The average Bonchev–Trinajstić information content (AvgIpc) is 2.90. The third-order valence-electron chi connectivity index (χ3n) is 6.44. The Hall–Kier alpha value is -2.75. The summed E-state index contributed by atoms with van der Waals surface area (Å²) in [6.07, 6.45) is 0.364. The molecule has 0 spiro atoms. The molecular weight excluding hydrogens is 326 g/mol. The van der Waals surface area contributed by atoms with Gasteiger partial charge in [-0.25, -0.2) is 4.90 Å². The number of carbonyl (C=O) groups is 3. The third kappa shape index (κ3) is 1.82. The topological polar surface area (TPSA) is 54.5 Å². The molecule has 1 saturated heterocycles. The van der Waals surface area contributed by atoms with Crippen LogP contribution in [0.15, 0.2) is 42.5 Å². The molecule has 6 rings (SSSR count).